The summed E-state index contributed by atoms with van der Waals surface area (Å²) in [4.78, 5) is 73.1. The van der Waals surface area contributed by atoms with Crippen LogP contribution in [-0.2, 0) is 65.4 Å². The van der Waals surface area contributed by atoms with Crippen LogP contribution in [0, 0.1) is 23.7 Å². The summed E-state index contributed by atoms with van der Waals surface area (Å²) in [6, 6.07) is 0. The molecule has 0 aromatic rings. The standard InChI is InChI=1S/C84H164O17P2/c1-9-77(8)63-55-47-42-43-49-57-65-82(87)95-71-80(101-84(89)67-58-50-40-34-27-21-17-13-11-10-12-15-19-24-30-36-44-52-60-74(2)3)73-99-103(92,93)97-69-78(85)68-96-102(90,91)98-72-79(70-94-81(86)64-56-48-39-33-29-23-26-32-38-46-54-62-76(6)7)100-83(88)66-59-51-41-35-28-22-18-14-16-20-25-31-37-45-53-61-75(4)5/h74-80,85H,9-73H2,1-8H3,(H,90,91)(H,92,93)/t77?,78-,79-,80-/m1/s1. The Morgan fingerprint density at radius 3 is 0.689 bits per heavy atom. The van der Waals surface area contributed by atoms with Gasteiger partial charge in [0.05, 0.1) is 26.4 Å². The molecule has 3 unspecified atom stereocenters. The number of carbonyl (C=O) groups is 4. The summed E-state index contributed by atoms with van der Waals surface area (Å²) in [5.41, 5.74) is 0. The van der Waals surface area contributed by atoms with E-state index < -0.39 is 97.5 Å². The Morgan fingerprint density at radius 2 is 0.466 bits per heavy atom. The molecule has 6 atom stereocenters. The van der Waals surface area contributed by atoms with E-state index in [-0.39, 0.29) is 25.7 Å². The first-order valence-corrected chi connectivity index (χ1v) is 46.2. The van der Waals surface area contributed by atoms with E-state index in [4.69, 9.17) is 37.0 Å². The first kappa shape index (κ1) is 101. The Balaban J connectivity index is 5.21. The smallest absolute Gasteiger partial charge is 0.462 e. The molecule has 17 nitrogen and oxygen atoms in total. The SMILES string of the molecule is CCC(C)CCCCCCCCC(=O)OC[C@H](COP(=O)(O)OC[C@H](O)COP(=O)(O)OC[C@@H](COC(=O)CCCCCCCCCCCCCC(C)C)OC(=O)CCCCCCCCCCCCCCCCCC(C)C)OC(=O)CCCCCCCCCCCCCCCCCCCCC(C)C. The van der Waals surface area contributed by atoms with E-state index in [1.165, 1.54) is 231 Å². The third kappa shape index (κ3) is 76.6. The zero-order valence-electron chi connectivity index (χ0n) is 68.0. The van der Waals surface area contributed by atoms with E-state index in [1.807, 2.05) is 0 Å². The zero-order valence-corrected chi connectivity index (χ0v) is 69.7. The number of esters is 4. The van der Waals surface area contributed by atoms with E-state index in [1.54, 1.807) is 0 Å². The highest BCUT2D eigenvalue weighted by Gasteiger charge is 2.30. The summed E-state index contributed by atoms with van der Waals surface area (Å²) < 4.78 is 68.8. The molecule has 19 heteroatoms. The molecule has 0 aliphatic rings. The Hall–Kier alpha value is -1.94. The number of carbonyl (C=O) groups excluding carboxylic acids is 4. The molecule has 0 saturated heterocycles. The van der Waals surface area contributed by atoms with Crippen molar-refractivity contribution in [3.63, 3.8) is 0 Å². The quantitative estimate of drug-likeness (QED) is 0.0222. The van der Waals surface area contributed by atoms with Gasteiger partial charge in [-0.15, -0.1) is 0 Å². The van der Waals surface area contributed by atoms with Gasteiger partial charge in [-0.25, -0.2) is 9.13 Å². The maximum absolute atomic E-state index is 13.1. The number of aliphatic hydroxyl groups excluding tert-OH is 1. The fourth-order valence-corrected chi connectivity index (χ4v) is 14.5. The third-order valence-corrected chi connectivity index (χ3v) is 21.8. The highest BCUT2D eigenvalue weighted by atomic mass is 31.2. The maximum atomic E-state index is 13.1. The lowest BCUT2D eigenvalue weighted by atomic mass is 10.00. The fraction of sp³-hybridized carbons (Fsp3) is 0.952. The van der Waals surface area contributed by atoms with Crippen LogP contribution in [-0.4, -0.2) is 96.7 Å². The van der Waals surface area contributed by atoms with Crippen molar-refractivity contribution in [2.45, 2.75) is 453 Å². The predicted molar refractivity (Wildman–Crippen MR) is 423 cm³/mol. The molecular weight excluding hydrogens is 1340 g/mol. The van der Waals surface area contributed by atoms with Crippen LogP contribution < -0.4 is 0 Å². The number of unbranched alkanes of at least 4 members (excludes halogenated alkanes) is 46. The predicted octanol–water partition coefficient (Wildman–Crippen LogP) is 25.2. The lowest BCUT2D eigenvalue weighted by Crippen LogP contribution is -2.30. The van der Waals surface area contributed by atoms with Gasteiger partial charge in [0.2, 0.25) is 0 Å². The second kappa shape index (κ2) is 72.9. The molecule has 0 fully saturated rings. The Bertz CT molecular complexity index is 2010. The van der Waals surface area contributed by atoms with Crippen LogP contribution in [0.3, 0.4) is 0 Å². The van der Waals surface area contributed by atoms with Crippen molar-refractivity contribution in [3.8, 4) is 0 Å². The molecule has 0 aliphatic heterocycles. The Morgan fingerprint density at radius 1 is 0.272 bits per heavy atom. The molecule has 0 rings (SSSR count). The van der Waals surface area contributed by atoms with Crippen LogP contribution in [0.25, 0.3) is 0 Å². The minimum atomic E-state index is -4.96. The summed E-state index contributed by atoms with van der Waals surface area (Å²) in [6.07, 6.45) is 61.1. The van der Waals surface area contributed by atoms with E-state index in [0.717, 1.165) is 120 Å². The first-order chi connectivity index (χ1) is 49.6. The number of phosphoric acid groups is 2. The van der Waals surface area contributed by atoms with Gasteiger partial charge in [0, 0.05) is 25.7 Å². The average Bonchev–Trinajstić information content (AvgIpc) is 0.909. The highest BCUT2D eigenvalue weighted by Crippen LogP contribution is 2.45. The van der Waals surface area contributed by atoms with Crippen LogP contribution in [0.4, 0.5) is 0 Å². The molecule has 3 N–H and O–H groups in total. The van der Waals surface area contributed by atoms with Crippen LogP contribution in [0.5, 0.6) is 0 Å². The largest absolute Gasteiger partial charge is 0.472 e. The van der Waals surface area contributed by atoms with Gasteiger partial charge in [-0.2, -0.15) is 0 Å². The van der Waals surface area contributed by atoms with Crippen molar-refractivity contribution in [2.75, 3.05) is 39.6 Å². The van der Waals surface area contributed by atoms with Crippen molar-refractivity contribution in [1.82, 2.24) is 0 Å². The van der Waals surface area contributed by atoms with Crippen LogP contribution >= 0.6 is 15.6 Å². The van der Waals surface area contributed by atoms with Crippen LogP contribution in [0.15, 0.2) is 0 Å². The van der Waals surface area contributed by atoms with Crippen LogP contribution in [0.2, 0.25) is 0 Å². The first-order valence-electron chi connectivity index (χ1n) is 43.2. The normalized spacial score (nSPS) is 14.2. The number of phosphoric ester groups is 2. The Kier molecular flexibility index (Phi) is 71.5. The van der Waals surface area contributed by atoms with Gasteiger partial charge in [-0.3, -0.25) is 37.3 Å². The molecule has 0 heterocycles. The molecule has 0 radical (unpaired) electrons. The third-order valence-electron chi connectivity index (χ3n) is 19.9. The van der Waals surface area contributed by atoms with Gasteiger partial charge >= 0.3 is 39.5 Å². The van der Waals surface area contributed by atoms with Crippen molar-refractivity contribution in [2.24, 2.45) is 23.7 Å². The van der Waals surface area contributed by atoms with Crippen LogP contribution in [0.1, 0.15) is 434 Å². The molecule has 0 saturated carbocycles. The van der Waals surface area contributed by atoms with Gasteiger partial charge in [0.1, 0.15) is 19.3 Å². The van der Waals surface area contributed by atoms with Gasteiger partial charge < -0.3 is 33.8 Å². The summed E-state index contributed by atoms with van der Waals surface area (Å²) in [7, 11) is -9.93. The average molecular weight is 1510 g/mol. The molecule has 612 valence electrons. The number of hydrogen-bond acceptors (Lipinski definition) is 15. The van der Waals surface area contributed by atoms with Crippen molar-refractivity contribution in [3.05, 3.63) is 0 Å². The summed E-state index contributed by atoms with van der Waals surface area (Å²) >= 11 is 0. The van der Waals surface area contributed by atoms with Gasteiger partial charge in [0.15, 0.2) is 12.2 Å². The molecule has 0 aliphatic carbocycles. The lowest BCUT2D eigenvalue weighted by molar-refractivity contribution is -0.161. The lowest BCUT2D eigenvalue weighted by Gasteiger charge is -2.21. The minimum Gasteiger partial charge on any atom is -0.462 e. The number of hydrogen-bond donors (Lipinski definition) is 3. The topological polar surface area (TPSA) is 237 Å². The van der Waals surface area contributed by atoms with Gasteiger partial charge in [-0.1, -0.05) is 383 Å². The molecule has 0 aromatic carbocycles. The molecule has 0 bridgehead atoms. The highest BCUT2D eigenvalue weighted by molar-refractivity contribution is 7.47. The van der Waals surface area contributed by atoms with E-state index in [0.29, 0.717) is 25.7 Å². The zero-order chi connectivity index (χ0) is 76.0. The van der Waals surface area contributed by atoms with Crippen molar-refractivity contribution >= 4 is 39.5 Å². The van der Waals surface area contributed by atoms with E-state index in [9.17, 15) is 43.2 Å². The van der Waals surface area contributed by atoms with Gasteiger partial charge in [-0.05, 0) is 49.4 Å². The number of aliphatic hydroxyl groups is 1. The van der Waals surface area contributed by atoms with Crippen molar-refractivity contribution in [1.29, 1.82) is 0 Å². The molecule has 0 spiro atoms. The fourth-order valence-electron chi connectivity index (χ4n) is 12.9. The monoisotopic (exact) mass is 1510 g/mol. The Labute approximate surface area is 632 Å². The number of ether oxygens (including phenoxy) is 4. The second-order valence-corrected chi connectivity index (χ2v) is 34.8. The molecule has 103 heavy (non-hydrogen) atoms. The minimum absolute atomic E-state index is 0.107. The molecule has 0 amide bonds. The van der Waals surface area contributed by atoms with E-state index in [2.05, 4.69) is 55.4 Å². The summed E-state index contributed by atoms with van der Waals surface area (Å²) in [5.74, 6) is 1.01. The molecular formula is C84H164O17P2. The molecule has 0 aromatic heterocycles. The summed E-state index contributed by atoms with van der Waals surface area (Å²) in [6.45, 7) is 14.3. The van der Waals surface area contributed by atoms with E-state index >= 15 is 0 Å². The van der Waals surface area contributed by atoms with Gasteiger partial charge in [0.25, 0.3) is 0 Å². The second-order valence-electron chi connectivity index (χ2n) is 31.9. The number of rotatable bonds is 81. The van der Waals surface area contributed by atoms with Crippen molar-refractivity contribution < 1.29 is 80.2 Å². The summed E-state index contributed by atoms with van der Waals surface area (Å²) in [5, 5.41) is 10.7. The maximum Gasteiger partial charge on any atom is 0.472 e.